The zero-order chi connectivity index (χ0) is 13.5. The van der Waals surface area contributed by atoms with Gasteiger partial charge in [0.2, 0.25) is 0 Å². The van der Waals surface area contributed by atoms with E-state index in [9.17, 15) is 5.11 Å². The Morgan fingerprint density at radius 1 is 1.21 bits per heavy atom. The van der Waals surface area contributed by atoms with Gasteiger partial charge in [0.1, 0.15) is 5.75 Å². The second-order valence-electron chi connectivity index (χ2n) is 5.23. The van der Waals surface area contributed by atoms with Crippen molar-refractivity contribution in [3.05, 3.63) is 29.8 Å². The molecule has 19 heavy (non-hydrogen) atoms. The van der Waals surface area contributed by atoms with E-state index in [-0.39, 0.29) is 12.1 Å². The summed E-state index contributed by atoms with van der Waals surface area (Å²) in [6.45, 7) is 3.44. The highest BCUT2D eigenvalue weighted by Crippen LogP contribution is 2.21. The lowest BCUT2D eigenvalue weighted by Gasteiger charge is -2.22. The van der Waals surface area contributed by atoms with Crippen molar-refractivity contribution in [2.24, 2.45) is 0 Å². The van der Waals surface area contributed by atoms with Crippen LogP contribution in [0.3, 0.4) is 0 Å². The van der Waals surface area contributed by atoms with Crippen molar-refractivity contribution in [2.75, 3.05) is 6.61 Å². The first-order valence-corrected chi connectivity index (χ1v) is 7.43. The molecule has 1 aliphatic rings. The molecule has 2 atom stereocenters. The minimum Gasteiger partial charge on any atom is -0.494 e. The largest absolute Gasteiger partial charge is 0.494 e. The van der Waals surface area contributed by atoms with E-state index in [1.807, 2.05) is 25.1 Å². The molecule has 0 amide bonds. The van der Waals surface area contributed by atoms with Crippen LogP contribution in [0.2, 0.25) is 0 Å². The van der Waals surface area contributed by atoms with Gasteiger partial charge in [-0.2, -0.15) is 0 Å². The van der Waals surface area contributed by atoms with Gasteiger partial charge in [-0.1, -0.05) is 37.5 Å². The minimum atomic E-state index is -0.207. The van der Waals surface area contributed by atoms with E-state index in [4.69, 9.17) is 4.74 Å². The number of benzene rings is 1. The van der Waals surface area contributed by atoms with E-state index in [1.165, 1.54) is 18.4 Å². The molecule has 2 unspecified atom stereocenters. The van der Waals surface area contributed by atoms with Gasteiger partial charge in [-0.05, 0) is 25.8 Å². The van der Waals surface area contributed by atoms with E-state index < -0.39 is 0 Å². The maximum Gasteiger partial charge on any atom is 0.123 e. The number of rotatable bonds is 5. The molecule has 0 aliphatic heterocycles. The van der Waals surface area contributed by atoms with Crippen molar-refractivity contribution in [3.63, 3.8) is 0 Å². The Labute approximate surface area is 116 Å². The van der Waals surface area contributed by atoms with Crippen molar-refractivity contribution in [2.45, 2.75) is 57.7 Å². The van der Waals surface area contributed by atoms with Crippen LogP contribution in [0.5, 0.6) is 5.75 Å². The van der Waals surface area contributed by atoms with Gasteiger partial charge in [-0.15, -0.1) is 0 Å². The molecule has 1 saturated carbocycles. The van der Waals surface area contributed by atoms with Crippen LogP contribution < -0.4 is 10.1 Å². The van der Waals surface area contributed by atoms with Gasteiger partial charge in [-0.3, -0.25) is 0 Å². The van der Waals surface area contributed by atoms with Crippen LogP contribution in [0.15, 0.2) is 24.3 Å². The van der Waals surface area contributed by atoms with Crippen molar-refractivity contribution in [3.8, 4) is 5.75 Å². The van der Waals surface area contributed by atoms with E-state index in [0.717, 1.165) is 31.6 Å². The first-order chi connectivity index (χ1) is 9.31. The Hall–Kier alpha value is -1.06. The minimum absolute atomic E-state index is 0.207. The summed E-state index contributed by atoms with van der Waals surface area (Å²) in [4.78, 5) is 0. The Morgan fingerprint density at radius 3 is 2.84 bits per heavy atom. The first kappa shape index (κ1) is 14.4. The average molecular weight is 263 g/mol. The Kier molecular flexibility index (Phi) is 5.67. The lowest BCUT2D eigenvalue weighted by molar-refractivity contribution is 0.119. The number of nitrogens with one attached hydrogen (secondary N) is 1. The highest BCUT2D eigenvalue weighted by Gasteiger charge is 2.21. The Morgan fingerprint density at radius 2 is 2.00 bits per heavy atom. The second kappa shape index (κ2) is 7.51. The van der Waals surface area contributed by atoms with E-state index >= 15 is 0 Å². The topological polar surface area (TPSA) is 41.5 Å². The SMILES string of the molecule is CCOc1ccccc1CNC1CCCCCC1O. The normalized spacial score (nSPS) is 23.9. The summed E-state index contributed by atoms with van der Waals surface area (Å²) in [6, 6.07) is 8.33. The molecule has 1 aromatic rings. The van der Waals surface area contributed by atoms with Gasteiger partial charge in [0.25, 0.3) is 0 Å². The summed E-state index contributed by atoms with van der Waals surface area (Å²) in [5.74, 6) is 0.945. The molecule has 2 rings (SSSR count). The van der Waals surface area contributed by atoms with Crippen LogP contribution in [0.1, 0.15) is 44.6 Å². The van der Waals surface area contributed by atoms with Crippen LogP contribution in [-0.4, -0.2) is 23.9 Å². The molecule has 0 heterocycles. The van der Waals surface area contributed by atoms with Crippen LogP contribution >= 0.6 is 0 Å². The molecule has 106 valence electrons. The number of hydrogen-bond donors (Lipinski definition) is 2. The number of hydrogen-bond acceptors (Lipinski definition) is 3. The molecule has 3 heteroatoms. The zero-order valence-corrected chi connectivity index (χ0v) is 11.8. The molecule has 0 bridgehead atoms. The molecule has 1 aliphatic carbocycles. The Balaban J connectivity index is 1.93. The lowest BCUT2D eigenvalue weighted by atomic mass is 10.1. The molecular formula is C16H25NO2. The van der Waals surface area contributed by atoms with Crippen LogP contribution in [0.4, 0.5) is 0 Å². The third-order valence-electron chi connectivity index (χ3n) is 3.81. The fourth-order valence-corrected chi connectivity index (χ4v) is 2.71. The average Bonchev–Trinajstić information content (AvgIpc) is 2.63. The third kappa shape index (κ3) is 4.22. The third-order valence-corrected chi connectivity index (χ3v) is 3.81. The Bertz CT molecular complexity index is 381. The number of para-hydroxylation sites is 1. The summed E-state index contributed by atoms with van der Waals surface area (Å²) in [6.07, 6.45) is 5.38. The van der Waals surface area contributed by atoms with Crippen molar-refractivity contribution in [1.29, 1.82) is 0 Å². The maximum atomic E-state index is 10.1. The van der Waals surface area contributed by atoms with E-state index in [1.54, 1.807) is 0 Å². The number of ether oxygens (including phenoxy) is 1. The first-order valence-electron chi connectivity index (χ1n) is 7.43. The molecule has 0 radical (unpaired) electrons. The quantitative estimate of drug-likeness (QED) is 0.803. The fourth-order valence-electron chi connectivity index (χ4n) is 2.71. The maximum absolute atomic E-state index is 10.1. The summed E-state index contributed by atoms with van der Waals surface area (Å²) in [5.41, 5.74) is 1.17. The van der Waals surface area contributed by atoms with Crippen LogP contribution in [0.25, 0.3) is 0 Å². The molecule has 0 saturated heterocycles. The second-order valence-corrected chi connectivity index (χ2v) is 5.23. The summed E-state index contributed by atoms with van der Waals surface area (Å²) in [7, 11) is 0. The van der Waals surface area contributed by atoms with Crippen LogP contribution in [0, 0.1) is 0 Å². The number of aliphatic hydroxyl groups is 1. The van der Waals surface area contributed by atoms with Gasteiger partial charge in [-0.25, -0.2) is 0 Å². The fraction of sp³-hybridized carbons (Fsp3) is 0.625. The monoisotopic (exact) mass is 263 g/mol. The highest BCUT2D eigenvalue weighted by atomic mass is 16.5. The van der Waals surface area contributed by atoms with Gasteiger partial charge in [0.15, 0.2) is 0 Å². The number of aliphatic hydroxyl groups excluding tert-OH is 1. The van der Waals surface area contributed by atoms with Crippen LogP contribution in [-0.2, 0) is 6.54 Å². The zero-order valence-electron chi connectivity index (χ0n) is 11.8. The molecular weight excluding hydrogens is 238 g/mol. The highest BCUT2D eigenvalue weighted by molar-refractivity contribution is 5.33. The lowest BCUT2D eigenvalue weighted by Crippen LogP contribution is -2.38. The smallest absolute Gasteiger partial charge is 0.123 e. The molecule has 1 aromatic carbocycles. The van der Waals surface area contributed by atoms with Gasteiger partial charge >= 0.3 is 0 Å². The van der Waals surface area contributed by atoms with Gasteiger partial charge in [0.05, 0.1) is 12.7 Å². The van der Waals surface area contributed by atoms with Crippen molar-refractivity contribution >= 4 is 0 Å². The predicted octanol–water partition coefficient (Wildman–Crippen LogP) is 2.87. The van der Waals surface area contributed by atoms with E-state index in [0.29, 0.717) is 6.61 Å². The molecule has 3 nitrogen and oxygen atoms in total. The standard InChI is InChI=1S/C16H25NO2/c1-2-19-16-11-7-6-8-13(16)12-17-14-9-4-3-5-10-15(14)18/h6-8,11,14-15,17-18H,2-5,9-10,12H2,1H3. The van der Waals surface area contributed by atoms with Gasteiger partial charge < -0.3 is 15.2 Å². The molecule has 0 spiro atoms. The predicted molar refractivity (Wildman–Crippen MR) is 77.3 cm³/mol. The summed E-state index contributed by atoms with van der Waals surface area (Å²) >= 11 is 0. The van der Waals surface area contributed by atoms with Gasteiger partial charge in [0, 0.05) is 18.2 Å². The summed E-state index contributed by atoms with van der Waals surface area (Å²) in [5, 5.41) is 13.6. The van der Waals surface area contributed by atoms with Crippen molar-refractivity contribution in [1.82, 2.24) is 5.32 Å². The summed E-state index contributed by atoms with van der Waals surface area (Å²) < 4.78 is 5.63. The van der Waals surface area contributed by atoms with Crippen molar-refractivity contribution < 1.29 is 9.84 Å². The molecule has 2 N–H and O–H groups in total. The molecule has 0 aromatic heterocycles. The van der Waals surface area contributed by atoms with E-state index in [2.05, 4.69) is 11.4 Å². The molecule has 1 fully saturated rings.